The highest BCUT2D eigenvalue weighted by atomic mass is 19.1. The first-order valence-corrected chi connectivity index (χ1v) is 7.96. The summed E-state index contributed by atoms with van der Waals surface area (Å²) >= 11 is 0. The number of amides is 1. The van der Waals surface area contributed by atoms with Crippen LogP contribution >= 0.6 is 0 Å². The number of aromatic nitrogens is 1. The van der Waals surface area contributed by atoms with Crippen LogP contribution in [0.1, 0.15) is 38.9 Å². The largest absolute Gasteiger partial charge is 0.494 e. The van der Waals surface area contributed by atoms with Crippen molar-refractivity contribution >= 4 is 18.2 Å². The molecule has 1 aliphatic heterocycles. The van der Waals surface area contributed by atoms with E-state index in [-0.39, 0.29) is 18.7 Å². The summed E-state index contributed by atoms with van der Waals surface area (Å²) in [5.41, 5.74) is 1.05. The highest BCUT2D eigenvalue weighted by Crippen LogP contribution is 2.31. The van der Waals surface area contributed by atoms with Gasteiger partial charge in [0.05, 0.1) is 19.6 Å². The second-order valence-corrected chi connectivity index (χ2v) is 5.98. The minimum absolute atomic E-state index is 0.0392. The molecule has 3 rings (SSSR count). The topological polar surface area (TPSA) is 88.8 Å². The summed E-state index contributed by atoms with van der Waals surface area (Å²) in [7, 11) is 1.33. The quantitative estimate of drug-likeness (QED) is 0.797. The lowest BCUT2D eigenvalue weighted by Crippen LogP contribution is -2.43. The van der Waals surface area contributed by atoms with Crippen LogP contribution in [0.2, 0.25) is 0 Å². The molecule has 0 spiro atoms. The molecule has 1 aliphatic rings. The fourth-order valence-electron chi connectivity index (χ4n) is 3.19. The van der Waals surface area contributed by atoms with E-state index in [0.29, 0.717) is 29.7 Å². The summed E-state index contributed by atoms with van der Waals surface area (Å²) in [6.07, 6.45) is 1.87. The lowest BCUT2D eigenvalue weighted by Gasteiger charge is -2.35. The maximum Gasteiger partial charge on any atom is 0.305 e. The molecule has 136 valence electrons. The summed E-state index contributed by atoms with van der Waals surface area (Å²) in [5, 5.41) is 9.26. The van der Waals surface area contributed by atoms with Crippen molar-refractivity contribution in [2.45, 2.75) is 19.0 Å². The third-order valence-corrected chi connectivity index (χ3v) is 4.42. The highest BCUT2D eigenvalue weighted by molar-refractivity contribution is 5.96. The fraction of sp³-hybridized carbons (Fsp3) is 0.278. The Morgan fingerprint density at radius 3 is 2.77 bits per heavy atom. The Balaban J connectivity index is 1.98. The number of halogens is 1. The van der Waals surface area contributed by atoms with Gasteiger partial charge in [0.15, 0.2) is 17.9 Å². The Morgan fingerprint density at radius 2 is 2.15 bits per heavy atom. The summed E-state index contributed by atoms with van der Waals surface area (Å²) in [5.74, 6) is -2.09. The number of aliphatic carboxylic acids is 1. The summed E-state index contributed by atoms with van der Waals surface area (Å²) in [6.45, 7) is 0.675. The van der Waals surface area contributed by atoms with Gasteiger partial charge in [-0.15, -0.1) is 0 Å². The van der Waals surface area contributed by atoms with Crippen molar-refractivity contribution in [2.24, 2.45) is 0 Å². The van der Waals surface area contributed by atoms with E-state index in [4.69, 9.17) is 4.74 Å². The van der Waals surface area contributed by atoms with E-state index in [0.717, 1.165) is 0 Å². The molecule has 0 unspecified atom stereocenters. The zero-order chi connectivity index (χ0) is 18.8. The standard InChI is InChI=1S/C18H17FN2O5/c1-26-16-3-2-12(7-13(16)19)14(8-17(23)24)21-5-4-20-9-11(10-22)6-15(20)18(21)25/h2-3,6-7,9-10,14H,4-5,8H2,1H3,(H,23,24)/t14-/m0/s1. The number of carbonyl (C=O) groups is 3. The predicted molar refractivity (Wildman–Crippen MR) is 88.8 cm³/mol. The SMILES string of the molecule is COc1ccc([C@H](CC(=O)O)N2CCn3cc(C=O)cc3C2=O)cc1F. The molecule has 0 bridgehead atoms. The van der Waals surface area contributed by atoms with Crippen LogP contribution in [0.5, 0.6) is 5.75 Å². The van der Waals surface area contributed by atoms with Gasteiger partial charge >= 0.3 is 5.97 Å². The Hall–Kier alpha value is -3.16. The molecule has 0 aliphatic carbocycles. The number of fused-ring (bicyclic) bond motifs is 1. The Bertz CT molecular complexity index is 876. The van der Waals surface area contributed by atoms with Crippen molar-refractivity contribution in [3.8, 4) is 5.75 Å². The fourth-order valence-corrected chi connectivity index (χ4v) is 3.19. The van der Waals surface area contributed by atoms with Crippen LogP contribution in [0.4, 0.5) is 4.39 Å². The van der Waals surface area contributed by atoms with Gasteiger partial charge in [-0.25, -0.2) is 4.39 Å². The van der Waals surface area contributed by atoms with Gasteiger partial charge < -0.3 is 19.3 Å². The minimum Gasteiger partial charge on any atom is -0.494 e. The Labute approximate surface area is 148 Å². The number of benzene rings is 1. The van der Waals surface area contributed by atoms with Crippen molar-refractivity contribution in [3.05, 3.63) is 53.1 Å². The molecule has 2 aromatic rings. The highest BCUT2D eigenvalue weighted by Gasteiger charge is 2.33. The van der Waals surface area contributed by atoms with E-state index in [1.54, 1.807) is 16.8 Å². The summed E-state index contributed by atoms with van der Waals surface area (Å²) < 4.78 is 20.6. The van der Waals surface area contributed by atoms with E-state index in [9.17, 15) is 23.9 Å². The van der Waals surface area contributed by atoms with Gasteiger partial charge in [-0.05, 0) is 23.8 Å². The lowest BCUT2D eigenvalue weighted by molar-refractivity contribution is -0.138. The molecule has 7 nitrogen and oxygen atoms in total. The van der Waals surface area contributed by atoms with Gasteiger partial charge in [0.2, 0.25) is 0 Å². The molecule has 0 saturated heterocycles. The van der Waals surface area contributed by atoms with Crippen LogP contribution in [0, 0.1) is 5.82 Å². The number of hydrogen-bond donors (Lipinski definition) is 1. The maximum atomic E-state index is 14.1. The van der Waals surface area contributed by atoms with Gasteiger partial charge in [0.25, 0.3) is 5.91 Å². The van der Waals surface area contributed by atoms with Crippen molar-refractivity contribution in [1.29, 1.82) is 0 Å². The monoisotopic (exact) mass is 360 g/mol. The van der Waals surface area contributed by atoms with Gasteiger partial charge in [0, 0.05) is 24.8 Å². The molecule has 26 heavy (non-hydrogen) atoms. The van der Waals surface area contributed by atoms with E-state index < -0.39 is 23.7 Å². The normalized spacial score (nSPS) is 14.7. The molecule has 8 heteroatoms. The summed E-state index contributed by atoms with van der Waals surface area (Å²) in [6, 6.07) is 4.77. The smallest absolute Gasteiger partial charge is 0.305 e. The number of hydrogen-bond acceptors (Lipinski definition) is 4. The molecule has 0 saturated carbocycles. The Kier molecular flexibility index (Phi) is 4.75. The van der Waals surface area contributed by atoms with Crippen LogP contribution in [0.25, 0.3) is 0 Å². The molecule has 1 aromatic heterocycles. The molecule has 1 aromatic carbocycles. The first kappa shape index (κ1) is 17.7. The second kappa shape index (κ2) is 6.99. The number of ether oxygens (including phenoxy) is 1. The van der Waals surface area contributed by atoms with Gasteiger partial charge in [-0.3, -0.25) is 14.4 Å². The summed E-state index contributed by atoms with van der Waals surface area (Å²) in [4.78, 5) is 36.5. The zero-order valence-electron chi connectivity index (χ0n) is 14.0. The van der Waals surface area contributed by atoms with Crippen LogP contribution in [0.3, 0.4) is 0 Å². The molecular weight excluding hydrogens is 343 g/mol. The van der Waals surface area contributed by atoms with Crippen molar-refractivity contribution in [3.63, 3.8) is 0 Å². The first-order valence-electron chi connectivity index (χ1n) is 7.96. The number of carboxylic acids is 1. The van der Waals surface area contributed by atoms with E-state index in [2.05, 4.69) is 0 Å². The molecule has 1 amide bonds. The number of methoxy groups -OCH3 is 1. The number of carboxylic acid groups (broad SMARTS) is 1. The van der Waals surface area contributed by atoms with Gasteiger partial charge in [0.1, 0.15) is 5.69 Å². The molecular formula is C18H17FN2O5. The lowest BCUT2D eigenvalue weighted by atomic mass is 10.00. The van der Waals surface area contributed by atoms with Crippen molar-refractivity contribution < 1.29 is 28.6 Å². The maximum absolute atomic E-state index is 14.1. The van der Waals surface area contributed by atoms with Crippen LogP contribution in [-0.2, 0) is 11.3 Å². The molecule has 0 radical (unpaired) electrons. The number of aldehydes is 1. The predicted octanol–water partition coefficient (Wildman–Crippen LogP) is 2.12. The number of rotatable bonds is 6. The Morgan fingerprint density at radius 1 is 1.38 bits per heavy atom. The van der Waals surface area contributed by atoms with Crippen molar-refractivity contribution in [1.82, 2.24) is 9.47 Å². The molecule has 2 heterocycles. The van der Waals surface area contributed by atoms with Crippen molar-refractivity contribution in [2.75, 3.05) is 13.7 Å². The average Bonchev–Trinajstić information content (AvgIpc) is 3.04. The average molecular weight is 360 g/mol. The van der Waals surface area contributed by atoms with E-state index >= 15 is 0 Å². The molecule has 1 N–H and O–H groups in total. The zero-order valence-corrected chi connectivity index (χ0v) is 14.0. The minimum atomic E-state index is -1.10. The van der Waals surface area contributed by atoms with Gasteiger partial charge in [-0.2, -0.15) is 0 Å². The van der Waals surface area contributed by atoms with Crippen LogP contribution < -0.4 is 4.74 Å². The third-order valence-electron chi connectivity index (χ3n) is 4.42. The van der Waals surface area contributed by atoms with Crippen LogP contribution in [-0.4, -0.2) is 46.4 Å². The first-order chi connectivity index (χ1) is 12.4. The third kappa shape index (κ3) is 3.17. The van der Waals surface area contributed by atoms with E-state index in [1.807, 2.05) is 0 Å². The van der Waals surface area contributed by atoms with E-state index in [1.165, 1.54) is 30.2 Å². The molecule has 0 fully saturated rings. The molecule has 1 atom stereocenters. The van der Waals surface area contributed by atoms with Crippen LogP contribution in [0.15, 0.2) is 30.5 Å². The number of nitrogens with zero attached hydrogens (tertiary/aromatic N) is 2. The number of carbonyl (C=O) groups excluding carboxylic acids is 2. The van der Waals surface area contributed by atoms with Gasteiger partial charge in [-0.1, -0.05) is 6.07 Å². The second-order valence-electron chi connectivity index (χ2n) is 5.98.